The van der Waals surface area contributed by atoms with E-state index in [2.05, 4.69) is 4.98 Å². The number of carbonyl (C=O) groups excluding carboxylic acids is 1. The van der Waals surface area contributed by atoms with Crippen molar-refractivity contribution in [1.29, 1.82) is 0 Å². The Labute approximate surface area is 144 Å². The van der Waals surface area contributed by atoms with Crippen molar-refractivity contribution in [2.75, 3.05) is 6.54 Å². The molecule has 1 aliphatic heterocycles. The summed E-state index contributed by atoms with van der Waals surface area (Å²) in [5.74, 6) is -0.571. The third-order valence-electron chi connectivity index (χ3n) is 4.08. The summed E-state index contributed by atoms with van der Waals surface area (Å²) in [7, 11) is 0. The normalized spacial score (nSPS) is 17.2. The van der Waals surface area contributed by atoms with Crippen molar-refractivity contribution in [2.24, 2.45) is 0 Å². The number of benzene rings is 1. The lowest BCUT2D eigenvalue weighted by atomic mass is 10.1. The maximum Gasteiger partial charge on any atom is 0.305 e. The summed E-state index contributed by atoms with van der Waals surface area (Å²) < 4.78 is 5.43. The molecule has 24 heavy (non-hydrogen) atoms. The van der Waals surface area contributed by atoms with E-state index in [9.17, 15) is 9.59 Å². The highest BCUT2D eigenvalue weighted by Gasteiger charge is 2.30. The van der Waals surface area contributed by atoms with Crippen LogP contribution in [0.2, 0.25) is 5.02 Å². The van der Waals surface area contributed by atoms with Crippen LogP contribution in [0.25, 0.3) is 11.5 Å². The molecule has 2 aromatic rings. The quantitative estimate of drug-likeness (QED) is 0.898. The second-order valence-electron chi connectivity index (χ2n) is 5.81. The number of aliphatic carboxylic acids is 1. The number of halogens is 1. The van der Waals surface area contributed by atoms with Gasteiger partial charge in [0.1, 0.15) is 6.26 Å². The van der Waals surface area contributed by atoms with Crippen LogP contribution in [0.3, 0.4) is 0 Å². The van der Waals surface area contributed by atoms with Crippen molar-refractivity contribution in [3.05, 3.63) is 41.2 Å². The summed E-state index contributed by atoms with van der Waals surface area (Å²) in [5, 5.41) is 9.56. The maximum atomic E-state index is 12.4. The zero-order valence-electron chi connectivity index (χ0n) is 12.9. The lowest BCUT2D eigenvalue weighted by Gasteiger charge is -2.23. The van der Waals surface area contributed by atoms with Crippen LogP contribution in [0.15, 0.2) is 34.9 Å². The maximum absolute atomic E-state index is 12.4. The van der Waals surface area contributed by atoms with Crippen LogP contribution in [0.1, 0.15) is 25.0 Å². The highest BCUT2D eigenvalue weighted by atomic mass is 35.5. The van der Waals surface area contributed by atoms with Gasteiger partial charge < -0.3 is 14.4 Å². The number of amides is 1. The molecule has 2 heterocycles. The molecule has 0 aliphatic carbocycles. The first-order valence-corrected chi connectivity index (χ1v) is 8.12. The van der Waals surface area contributed by atoms with Gasteiger partial charge in [-0.2, -0.15) is 0 Å². The van der Waals surface area contributed by atoms with Crippen LogP contribution in [-0.4, -0.2) is 39.5 Å². The Morgan fingerprint density at radius 2 is 2.08 bits per heavy atom. The average Bonchev–Trinajstić information content (AvgIpc) is 3.17. The van der Waals surface area contributed by atoms with Crippen molar-refractivity contribution < 1.29 is 19.1 Å². The third kappa shape index (κ3) is 3.76. The summed E-state index contributed by atoms with van der Waals surface area (Å²) >= 11 is 5.85. The average molecular weight is 349 g/mol. The first-order valence-electron chi connectivity index (χ1n) is 7.74. The van der Waals surface area contributed by atoms with Gasteiger partial charge in [0.2, 0.25) is 11.8 Å². The van der Waals surface area contributed by atoms with Gasteiger partial charge in [0, 0.05) is 23.2 Å². The molecule has 0 bridgehead atoms. The molecule has 3 rings (SSSR count). The number of likely N-dealkylation sites (tertiary alicyclic amines) is 1. The molecule has 0 radical (unpaired) electrons. The molecule has 0 spiro atoms. The SMILES string of the molecule is O=C(O)CC1CCCN1C(=O)Cc1coc(-c2ccc(Cl)cc2)n1. The number of oxazole rings is 1. The number of carboxylic acids is 1. The molecule has 1 aromatic carbocycles. The molecule has 7 heteroatoms. The van der Waals surface area contributed by atoms with Gasteiger partial charge in [-0.15, -0.1) is 0 Å². The van der Waals surface area contributed by atoms with E-state index in [4.69, 9.17) is 21.1 Å². The van der Waals surface area contributed by atoms with Crippen LogP contribution in [-0.2, 0) is 16.0 Å². The lowest BCUT2D eigenvalue weighted by Crippen LogP contribution is -2.37. The molecule has 1 aromatic heterocycles. The molecular formula is C17H17ClN2O4. The predicted molar refractivity (Wildman–Crippen MR) is 87.6 cm³/mol. The molecule has 1 aliphatic rings. The zero-order valence-corrected chi connectivity index (χ0v) is 13.7. The van der Waals surface area contributed by atoms with Crippen LogP contribution >= 0.6 is 11.6 Å². The molecule has 126 valence electrons. The summed E-state index contributed by atoms with van der Waals surface area (Å²) in [6.07, 6.45) is 3.11. The third-order valence-corrected chi connectivity index (χ3v) is 4.33. The Morgan fingerprint density at radius 3 is 2.79 bits per heavy atom. The number of carbonyl (C=O) groups is 2. The summed E-state index contributed by atoms with van der Waals surface area (Å²) in [6, 6.07) is 6.85. The van der Waals surface area contributed by atoms with E-state index >= 15 is 0 Å². The Kier molecular flexibility index (Phi) is 4.85. The van der Waals surface area contributed by atoms with E-state index in [0.717, 1.165) is 18.4 Å². The van der Waals surface area contributed by atoms with Crippen LogP contribution < -0.4 is 0 Å². The van der Waals surface area contributed by atoms with Crippen molar-refractivity contribution in [1.82, 2.24) is 9.88 Å². The zero-order chi connectivity index (χ0) is 17.1. The van der Waals surface area contributed by atoms with Gasteiger partial charge in [0.15, 0.2) is 0 Å². The molecular weight excluding hydrogens is 332 g/mol. The first-order chi connectivity index (χ1) is 11.5. The van der Waals surface area contributed by atoms with Crippen LogP contribution in [0, 0.1) is 0 Å². The smallest absolute Gasteiger partial charge is 0.305 e. The number of aromatic nitrogens is 1. The van der Waals surface area contributed by atoms with Gasteiger partial charge in [-0.1, -0.05) is 11.6 Å². The van der Waals surface area contributed by atoms with Crippen LogP contribution in [0.4, 0.5) is 0 Å². The summed E-state index contributed by atoms with van der Waals surface area (Å²) in [6.45, 7) is 0.596. The molecule has 1 saturated heterocycles. The van der Waals surface area contributed by atoms with Crippen molar-refractivity contribution in [3.63, 3.8) is 0 Å². The lowest BCUT2D eigenvalue weighted by molar-refractivity contribution is -0.139. The molecule has 1 N–H and O–H groups in total. The molecule has 1 amide bonds. The van der Waals surface area contributed by atoms with Gasteiger partial charge in [-0.05, 0) is 37.1 Å². The Hall–Kier alpha value is -2.34. The predicted octanol–water partition coefficient (Wildman–Crippen LogP) is 3.00. The Bertz CT molecular complexity index is 741. The van der Waals surface area contributed by atoms with E-state index in [1.165, 1.54) is 6.26 Å². The number of nitrogens with zero attached hydrogens (tertiary/aromatic N) is 2. The summed E-state index contributed by atoms with van der Waals surface area (Å²) in [4.78, 5) is 29.3. The van der Waals surface area contributed by atoms with E-state index in [0.29, 0.717) is 23.2 Å². The molecule has 1 atom stereocenters. The molecule has 1 fully saturated rings. The monoisotopic (exact) mass is 348 g/mol. The number of hydrogen-bond acceptors (Lipinski definition) is 4. The highest BCUT2D eigenvalue weighted by molar-refractivity contribution is 6.30. The minimum atomic E-state index is -0.883. The molecule has 1 unspecified atom stereocenters. The van der Waals surface area contributed by atoms with E-state index in [-0.39, 0.29) is 24.8 Å². The Morgan fingerprint density at radius 1 is 1.33 bits per heavy atom. The van der Waals surface area contributed by atoms with Crippen molar-refractivity contribution in [3.8, 4) is 11.5 Å². The number of hydrogen-bond donors (Lipinski definition) is 1. The van der Waals surface area contributed by atoms with Gasteiger partial charge in [-0.3, -0.25) is 9.59 Å². The second-order valence-corrected chi connectivity index (χ2v) is 6.25. The van der Waals surface area contributed by atoms with E-state index in [1.807, 2.05) is 0 Å². The molecule has 0 saturated carbocycles. The summed E-state index contributed by atoms with van der Waals surface area (Å²) in [5.41, 5.74) is 1.31. The van der Waals surface area contributed by atoms with Gasteiger partial charge in [-0.25, -0.2) is 4.98 Å². The second kappa shape index (κ2) is 7.05. The number of rotatable bonds is 5. The first kappa shape index (κ1) is 16.5. The fraction of sp³-hybridized carbons (Fsp3) is 0.353. The fourth-order valence-electron chi connectivity index (χ4n) is 2.95. The number of carboxylic acid groups (broad SMARTS) is 1. The minimum absolute atomic E-state index is 0.0133. The largest absolute Gasteiger partial charge is 0.481 e. The van der Waals surface area contributed by atoms with Gasteiger partial charge in [0.25, 0.3) is 0 Å². The van der Waals surface area contributed by atoms with Crippen LogP contribution in [0.5, 0.6) is 0 Å². The standard InChI is InChI=1S/C17H17ClN2O4/c18-12-5-3-11(4-6-12)17-19-13(10-24-17)8-15(21)20-7-1-2-14(20)9-16(22)23/h3-6,10,14H,1-2,7-9H2,(H,22,23). The van der Waals surface area contributed by atoms with Crippen molar-refractivity contribution in [2.45, 2.75) is 31.7 Å². The topological polar surface area (TPSA) is 83.6 Å². The van der Waals surface area contributed by atoms with E-state index < -0.39 is 5.97 Å². The fourth-order valence-corrected chi connectivity index (χ4v) is 3.07. The van der Waals surface area contributed by atoms with E-state index in [1.54, 1.807) is 29.2 Å². The minimum Gasteiger partial charge on any atom is -0.481 e. The Balaban J connectivity index is 1.67. The highest BCUT2D eigenvalue weighted by Crippen LogP contribution is 2.23. The van der Waals surface area contributed by atoms with Crippen molar-refractivity contribution >= 4 is 23.5 Å². The van der Waals surface area contributed by atoms with Gasteiger partial charge in [0.05, 0.1) is 18.5 Å². The van der Waals surface area contributed by atoms with Gasteiger partial charge >= 0.3 is 5.97 Å². The molecule has 6 nitrogen and oxygen atoms in total.